The maximum atomic E-state index is 12.8. The molecule has 5 nitrogen and oxygen atoms in total. The van der Waals surface area contributed by atoms with E-state index in [1.807, 2.05) is 0 Å². The van der Waals surface area contributed by atoms with Crippen molar-refractivity contribution in [1.29, 1.82) is 0 Å². The lowest BCUT2D eigenvalue weighted by Crippen LogP contribution is -2.14. The number of amides is 1. The molecular formula is C11H10ClFN4OS. The van der Waals surface area contributed by atoms with Crippen molar-refractivity contribution in [2.24, 2.45) is 0 Å². The van der Waals surface area contributed by atoms with Gasteiger partial charge >= 0.3 is 0 Å². The minimum absolute atomic E-state index is 0.144. The molecule has 0 aliphatic carbocycles. The number of nitrogens with one attached hydrogen (secondary N) is 2. The number of rotatable bonds is 4. The standard InChI is InChI=1S/C11H10ClFN4OS/c1-6-14-11(17-16-6)19-5-10(18)15-9-3-2-7(13)4-8(9)12/h2-4H,5H2,1H3,(H,15,18)(H,14,16,17). The number of benzene rings is 1. The number of aryl methyl sites for hydroxylation is 1. The van der Waals surface area contributed by atoms with Crippen LogP contribution in [-0.4, -0.2) is 26.8 Å². The third-order valence-electron chi connectivity index (χ3n) is 2.11. The van der Waals surface area contributed by atoms with Gasteiger partial charge in [0, 0.05) is 0 Å². The molecule has 0 aliphatic heterocycles. The molecule has 0 saturated carbocycles. The first-order valence-corrected chi connectivity index (χ1v) is 6.67. The average molecular weight is 301 g/mol. The van der Waals surface area contributed by atoms with Gasteiger partial charge in [-0.2, -0.15) is 0 Å². The second kappa shape index (κ2) is 6.03. The minimum Gasteiger partial charge on any atom is -0.324 e. The molecule has 1 amide bonds. The molecule has 0 saturated heterocycles. The molecule has 2 aromatic rings. The molecular weight excluding hydrogens is 291 g/mol. The van der Waals surface area contributed by atoms with E-state index in [2.05, 4.69) is 20.5 Å². The summed E-state index contributed by atoms with van der Waals surface area (Å²) in [6.45, 7) is 1.77. The maximum absolute atomic E-state index is 12.8. The first-order chi connectivity index (χ1) is 9.04. The van der Waals surface area contributed by atoms with Crippen LogP contribution in [0.25, 0.3) is 0 Å². The molecule has 0 radical (unpaired) electrons. The molecule has 0 atom stereocenters. The normalized spacial score (nSPS) is 10.5. The Labute approximate surface area is 118 Å². The predicted molar refractivity (Wildman–Crippen MR) is 71.9 cm³/mol. The van der Waals surface area contributed by atoms with Crippen molar-refractivity contribution in [3.63, 3.8) is 0 Å². The number of aromatic nitrogens is 3. The Morgan fingerprint density at radius 1 is 1.58 bits per heavy atom. The second-order valence-electron chi connectivity index (χ2n) is 3.66. The van der Waals surface area contributed by atoms with Crippen LogP contribution in [0.2, 0.25) is 5.02 Å². The SMILES string of the molecule is Cc1nc(SCC(=O)Nc2ccc(F)cc2Cl)n[nH]1. The quantitative estimate of drug-likeness (QED) is 0.852. The molecule has 0 fully saturated rings. The Hall–Kier alpha value is -1.60. The molecule has 2 N–H and O–H groups in total. The molecule has 100 valence electrons. The van der Waals surface area contributed by atoms with Crippen LogP contribution in [-0.2, 0) is 4.79 Å². The molecule has 19 heavy (non-hydrogen) atoms. The highest BCUT2D eigenvalue weighted by Crippen LogP contribution is 2.22. The van der Waals surface area contributed by atoms with Gasteiger partial charge in [0.25, 0.3) is 0 Å². The molecule has 1 heterocycles. The fourth-order valence-electron chi connectivity index (χ4n) is 1.29. The zero-order valence-electron chi connectivity index (χ0n) is 9.91. The molecule has 0 aliphatic rings. The number of hydrogen-bond donors (Lipinski definition) is 2. The van der Waals surface area contributed by atoms with Gasteiger partial charge in [-0.1, -0.05) is 23.4 Å². The van der Waals surface area contributed by atoms with Crippen molar-refractivity contribution >= 4 is 35.0 Å². The lowest BCUT2D eigenvalue weighted by atomic mass is 10.3. The fraction of sp³-hybridized carbons (Fsp3) is 0.182. The van der Waals surface area contributed by atoms with Crippen molar-refractivity contribution in [2.45, 2.75) is 12.1 Å². The highest BCUT2D eigenvalue weighted by Gasteiger charge is 2.09. The number of halogens is 2. The Bertz CT molecular complexity index is 604. The van der Waals surface area contributed by atoms with Gasteiger partial charge in [0.1, 0.15) is 11.6 Å². The first-order valence-electron chi connectivity index (χ1n) is 5.31. The van der Waals surface area contributed by atoms with Crippen LogP contribution in [0.1, 0.15) is 5.82 Å². The number of carbonyl (C=O) groups excluding carboxylic acids is 1. The summed E-state index contributed by atoms with van der Waals surface area (Å²) in [6, 6.07) is 3.79. The zero-order valence-corrected chi connectivity index (χ0v) is 11.5. The van der Waals surface area contributed by atoms with E-state index in [1.165, 1.54) is 23.9 Å². The Balaban J connectivity index is 1.90. The van der Waals surface area contributed by atoms with E-state index in [9.17, 15) is 9.18 Å². The molecule has 0 bridgehead atoms. The summed E-state index contributed by atoms with van der Waals surface area (Å²) in [4.78, 5) is 15.7. The van der Waals surface area contributed by atoms with E-state index in [0.717, 1.165) is 6.07 Å². The smallest absolute Gasteiger partial charge is 0.234 e. The van der Waals surface area contributed by atoms with Crippen molar-refractivity contribution in [1.82, 2.24) is 15.2 Å². The van der Waals surface area contributed by atoms with Crippen LogP contribution in [0.5, 0.6) is 0 Å². The lowest BCUT2D eigenvalue weighted by Gasteiger charge is -2.06. The predicted octanol–water partition coefficient (Wildman–Crippen LogP) is 2.64. The van der Waals surface area contributed by atoms with Crippen molar-refractivity contribution in [3.05, 3.63) is 34.9 Å². The number of hydrogen-bond acceptors (Lipinski definition) is 4. The van der Waals surface area contributed by atoms with Gasteiger partial charge in [0.2, 0.25) is 11.1 Å². The summed E-state index contributed by atoms with van der Waals surface area (Å²) in [5.41, 5.74) is 0.375. The first kappa shape index (κ1) is 13.8. The topological polar surface area (TPSA) is 70.7 Å². The minimum atomic E-state index is -0.450. The molecule has 1 aromatic carbocycles. The van der Waals surface area contributed by atoms with E-state index >= 15 is 0 Å². The Morgan fingerprint density at radius 3 is 3.00 bits per heavy atom. The molecule has 8 heteroatoms. The highest BCUT2D eigenvalue weighted by molar-refractivity contribution is 7.99. The van der Waals surface area contributed by atoms with Crippen LogP contribution in [0.3, 0.4) is 0 Å². The van der Waals surface area contributed by atoms with E-state index in [0.29, 0.717) is 16.7 Å². The van der Waals surface area contributed by atoms with Crippen molar-refractivity contribution in [2.75, 3.05) is 11.1 Å². The fourth-order valence-corrected chi connectivity index (χ4v) is 2.15. The van der Waals surface area contributed by atoms with Crippen LogP contribution in [0, 0.1) is 12.7 Å². The molecule has 2 rings (SSSR count). The van der Waals surface area contributed by atoms with Gasteiger partial charge in [-0.05, 0) is 25.1 Å². The van der Waals surface area contributed by atoms with Crippen LogP contribution < -0.4 is 5.32 Å². The number of thioether (sulfide) groups is 1. The van der Waals surface area contributed by atoms with E-state index < -0.39 is 5.82 Å². The van der Waals surface area contributed by atoms with Gasteiger partial charge in [0.15, 0.2) is 0 Å². The van der Waals surface area contributed by atoms with Gasteiger partial charge < -0.3 is 5.32 Å². The van der Waals surface area contributed by atoms with Gasteiger partial charge in [0.05, 0.1) is 16.5 Å². The summed E-state index contributed by atoms with van der Waals surface area (Å²) < 4.78 is 12.8. The summed E-state index contributed by atoms with van der Waals surface area (Å²) in [5, 5.41) is 9.82. The zero-order chi connectivity index (χ0) is 13.8. The summed E-state index contributed by atoms with van der Waals surface area (Å²) >= 11 is 7.00. The highest BCUT2D eigenvalue weighted by atomic mass is 35.5. The van der Waals surface area contributed by atoms with Gasteiger partial charge in [-0.15, -0.1) is 5.10 Å². The summed E-state index contributed by atoms with van der Waals surface area (Å²) in [5.74, 6) is 0.115. The van der Waals surface area contributed by atoms with Crippen molar-refractivity contribution in [3.8, 4) is 0 Å². The van der Waals surface area contributed by atoms with Crippen molar-refractivity contribution < 1.29 is 9.18 Å². The Kier molecular flexibility index (Phi) is 4.39. The van der Waals surface area contributed by atoms with E-state index in [4.69, 9.17) is 11.6 Å². The number of carbonyl (C=O) groups is 1. The Morgan fingerprint density at radius 2 is 2.37 bits per heavy atom. The number of H-pyrrole nitrogens is 1. The van der Waals surface area contributed by atoms with Gasteiger partial charge in [-0.3, -0.25) is 9.89 Å². The third kappa shape index (κ3) is 3.93. The molecule has 1 aromatic heterocycles. The second-order valence-corrected chi connectivity index (χ2v) is 5.01. The average Bonchev–Trinajstić information content (AvgIpc) is 2.76. The summed E-state index contributed by atoms with van der Waals surface area (Å²) in [6.07, 6.45) is 0. The maximum Gasteiger partial charge on any atom is 0.234 e. The van der Waals surface area contributed by atoms with Crippen LogP contribution in [0.4, 0.5) is 10.1 Å². The molecule has 0 spiro atoms. The number of aromatic amines is 1. The largest absolute Gasteiger partial charge is 0.324 e. The number of anilines is 1. The number of nitrogens with zero attached hydrogens (tertiary/aromatic N) is 2. The van der Waals surface area contributed by atoms with Crippen LogP contribution in [0.15, 0.2) is 23.4 Å². The molecule has 0 unspecified atom stereocenters. The monoisotopic (exact) mass is 300 g/mol. The van der Waals surface area contributed by atoms with E-state index in [1.54, 1.807) is 6.92 Å². The third-order valence-corrected chi connectivity index (χ3v) is 3.27. The lowest BCUT2D eigenvalue weighted by molar-refractivity contribution is -0.113. The van der Waals surface area contributed by atoms with Crippen LogP contribution >= 0.6 is 23.4 Å². The summed E-state index contributed by atoms with van der Waals surface area (Å²) in [7, 11) is 0. The van der Waals surface area contributed by atoms with E-state index in [-0.39, 0.29) is 16.7 Å². The van der Waals surface area contributed by atoms with Gasteiger partial charge in [-0.25, -0.2) is 9.37 Å².